The Kier molecular flexibility index (Phi) is 5.68. The van der Waals surface area contributed by atoms with Crippen molar-refractivity contribution in [1.29, 1.82) is 0 Å². The second-order valence-corrected chi connectivity index (χ2v) is 5.31. The lowest BCUT2D eigenvalue weighted by Gasteiger charge is -2.09. The number of halogens is 2. The quantitative estimate of drug-likeness (QED) is 0.786. The summed E-state index contributed by atoms with van der Waals surface area (Å²) in [6.45, 7) is 2.27. The highest BCUT2D eigenvalue weighted by molar-refractivity contribution is 9.09. The van der Waals surface area contributed by atoms with E-state index in [2.05, 4.69) is 21.2 Å². The van der Waals surface area contributed by atoms with Crippen molar-refractivity contribution < 1.29 is 18.7 Å². The van der Waals surface area contributed by atoms with Gasteiger partial charge in [0.1, 0.15) is 11.6 Å². The maximum atomic E-state index is 12.0. The molecule has 1 N–H and O–H groups in total. The second kappa shape index (κ2) is 7.51. The normalized spacial score (nSPS) is 10.5. The lowest BCUT2D eigenvalue weighted by molar-refractivity contribution is 0.168. The van der Waals surface area contributed by atoms with E-state index in [0.29, 0.717) is 23.0 Å². The molecule has 0 bridgehead atoms. The summed E-state index contributed by atoms with van der Waals surface area (Å²) in [6.07, 6.45) is -0.602. The summed E-state index contributed by atoms with van der Waals surface area (Å²) in [5.74, 6) is -0.0234. The molecule has 1 amide bonds. The fourth-order valence-corrected chi connectivity index (χ4v) is 2.21. The van der Waals surface area contributed by atoms with Gasteiger partial charge >= 0.3 is 17.7 Å². The van der Waals surface area contributed by atoms with Crippen LogP contribution in [-0.4, -0.2) is 24.6 Å². The Morgan fingerprint density at radius 1 is 1.41 bits per heavy atom. The minimum Gasteiger partial charge on any atom is -0.463 e. The van der Waals surface area contributed by atoms with E-state index in [-0.39, 0.29) is 23.0 Å². The summed E-state index contributed by atoms with van der Waals surface area (Å²) < 4.78 is 15.1. The number of benzene rings is 1. The highest BCUT2D eigenvalue weighted by Crippen LogP contribution is 2.31. The Morgan fingerprint density at radius 3 is 2.86 bits per heavy atom. The van der Waals surface area contributed by atoms with Crippen LogP contribution >= 0.6 is 27.5 Å². The Labute approximate surface area is 139 Å². The predicted octanol–water partition coefficient (Wildman–Crippen LogP) is 3.79. The molecular formula is C14H13BrClNO5. The molecule has 0 aliphatic rings. The molecular weight excluding hydrogens is 378 g/mol. The number of hydrogen-bond acceptors (Lipinski definition) is 5. The lowest BCUT2D eigenvalue weighted by atomic mass is 10.1. The second-order valence-electron chi connectivity index (χ2n) is 4.13. The van der Waals surface area contributed by atoms with Crippen molar-refractivity contribution >= 4 is 50.1 Å². The predicted molar refractivity (Wildman–Crippen MR) is 87.4 cm³/mol. The van der Waals surface area contributed by atoms with Gasteiger partial charge in [-0.3, -0.25) is 5.32 Å². The summed E-state index contributed by atoms with van der Waals surface area (Å²) in [4.78, 5) is 23.4. The van der Waals surface area contributed by atoms with Gasteiger partial charge < -0.3 is 13.9 Å². The summed E-state index contributed by atoms with van der Waals surface area (Å²) in [7, 11) is 0. The molecule has 2 aromatic rings. The zero-order chi connectivity index (χ0) is 16.1. The average Bonchev–Trinajstić information content (AvgIpc) is 2.49. The van der Waals surface area contributed by atoms with Crippen molar-refractivity contribution in [1.82, 2.24) is 0 Å². The van der Waals surface area contributed by atoms with Crippen molar-refractivity contribution in [2.24, 2.45) is 0 Å². The summed E-state index contributed by atoms with van der Waals surface area (Å²) in [6, 6.07) is 4.69. The molecule has 0 atom stereocenters. The van der Waals surface area contributed by atoms with Gasteiger partial charge in [-0.15, -0.1) is 0 Å². The van der Waals surface area contributed by atoms with E-state index in [1.165, 1.54) is 6.07 Å². The van der Waals surface area contributed by atoms with Crippen LogP contribution in [0.4, 0.5) is 10.5 Å². The van der Waals surface area contributed by atoms with Crippen molar-refractivity contribution in [3.05, 3.63) is 33.6 Å². The fourth-order valence-electron chi connectivity index (χ4n) is 1.79. The van der Waals surface area contributed by atoms with Crippen LogP contribution in [0.15, 0.2) is 27.4 Å². The molecule has 8 heteroatoms. The molecule has 0 radical (unpaired) electrons. The van der Waals surface area contributed by atoms with Gasteiger partial charge in [0.2, 0.25) is 0 Å². The van der Waals surface area contributed by atoms with Gasteiger partial charge in [0.15, 0.2) is 0 Å². The number of carbonyl (C=O) groups is 1. The van der Waals surface area contributed by atoms with Gasteiger partial charge in [-0.05, 0) is 19.1 Å². The highest BCUT2D eigenvalue weighted by Gasteiger charge is 2.14. The average molecular weight is 391 g/mol. The number of anilines is 1. The molecule has 118 valence electrons. The van der Waals surface area contributed by atoms with Crippen LogP contribution in [0.2, 0.25) is 5.02 Å². The first-order chi connectivity index (χ1) is 10.6. The molecule has 0 spiro atoms. The number of ether oxygens (including phenoxy) is 2. The van der Waals surface area contributed by atoms with Crippen LogP contribution in [0.1, 0.15) is 6.92 Å². The molecule has 1 aromatic carbocycles. The standard InChI is InChI=1S/C14H13BrClNO5/c1-2-20-14(19)17-8-3-4-9-10(7-8)12(18)22-13(11(9)16)21-6-5-15/h3-4,7H,2,5-6H2,1H3,(H,17,19). The molecule has 0 aliphatic heterocycles. The minimum atomic E-state index is -0.602. The van der Waals surface area contributed by atoms with Crippen LogP contribution in [0.5, 0.6) is 5.95 Å². The van der Waals surface area contributed by atoms with E-state index in [0.717, 1.165) is 0 Å². The Hall–Kier alpha value is -1.73. The number of amides is 1. The molecule has 22 heavy (non-hydrogen) atoms. The van der Waals surface area contributed by atoms with Crippen molar-refractivity contribution in [3.8, 4) is 5.95 Å². The lowest BCUT2D eigenvalue weighted by Crippen LogP contribution is -2.13. The molecule has 6 nitrogen and oxygen atoms in total. The maximum Gasteiger partial charge on any atom is 0.411 e. The third-order valence-electron chi connectivity index (χ3n) is 2.67. The van der Waals surface area contributed by atoms with Crippen LogP contribution in [0.3, 0.4) is 0 Å². The number of fused-ring (bicyclic) bond motifs is 1. The molecule has 2 rings (SSSR count). The Balaban J connectivity index is 2.39. The number of rotatable bonds is 5. The van der Waals surface area contributed by atoms with E-state index in [1.807, 2.05) is 0 Å². The van der Waals surface area contributed by atoms with E-state index in [4.69, 9.17) is 25.5 Å². The molecule has 0 fully saturated rings. The SMILES string of the molecule is CCOC(=O)Nc1ccc2c(Cl)c(OCCBr)oc(=O)c2c1. The zero-order valence-corrected chi connectivity index (χ0v) is 14.0. The molecule has 0 saturated heterocycles. The smallest absolute Gasteiger partial charge is 0.411 e. The van der Waals surface area contributed by atoms with Crippen LogP contribution in [0, 0.1) is 0 Å². The number of carbonyl (C=O) groups excluding carboxylic acids is 1. The van der Waals surface area contributed by atoms with Gasteiger partial charge in [0.05, 0.1) is 12.0 Å². The first kappa shape index (κ1) is 16.6. The van der Waals surface area contributed by atoms with Crippen LogP contribution < -0.4 is 15.7 Å². The molecule has 1 aromatic heterocycles. The molecule has 0 unspecified atom stereocenters. The largest absolute Gasteiger partial charge is 0.463 e. The van der Waals surface area contributed by atoms with E-state index in [9.17, 15) is 9.59 Å². The van der Waals surface area contributed by atoms with Gasteiger partial charge in [-0.25, -0.2) is 9.59 Å². The summed E-state index contributed by atoms with van der Waals surface area (Å²) >= 11 is 9.38. The van der Waals surface area contributed by atoms with Gasteiger partial charge in [-0.2, -0.15) is 0 Å². The summed E-state index contributed by atoms with van der Waals surface area (Å²) in [5, 5.41) is 4.02. The number of alkyl halides is 1. The van der Waals surface area contributed by atoms with Crippen LogP contribution in [-0.2, 0) is 4.74 Å². The fraction of sp³-hybridized carbons (Fsp3) is 0.286. The molecule has 0 aliphatic carbocycles. The van der Waals surface area contributed by atoms with Crippen molar-refractivity contribution in [2.45, 2.75) is 6.92 Å². The van der Waals surface area contributed by atoms with Gasteiger partial charge in [-0.1, -0.05) is 33.6 Å². The third-order valence-corrected chi connectivity index (χ3v) is 3.35. The van der Waals surface area contributed by atoms with Gasteiger partial charge in [0, 0.05) is 16.4 Å². The van der Waals surface area contributed by atoms with Crippen molar-refractivity contribution in [2.75, 3.05) is 23.9 Å². The number of hydrogen-bond donors (Lipinski definition) is 1. The number of nitrogens with one attached hydrogen (secondary N) is 1. The van der Waals surface area contributed by atoms with E-state index < -0.39 is 11.7 Å². The molecule has 0 saturated carbocycles. The van der Waals surface area contributed by atoms with Crippen LogP contribution in [0.25, 0.3) is 10.8 Å². The first-order valence-corrected chi connectivity index (χ1v) is 7.95. The topological polar surface area (TPSA) is 77.8 Å². The summed E-state index contributed by atoms with van der Waals surface area (Å²) in [5.41, 5.74) is -0.195. The third kappa shape index (κ3) is 3.72. The van der Waals surface area contributed by atoms with E-state index >= 15 is 0 Å². The monoisotopic (exact) mass is 389 g/mol. The molecule has 1 heterocycles. The Morgan fingerprint density at radius 2 is 2.18 bits per heavy atom. The maximum absolute atomic E-state index is 12.0. The Bertz CT molecular complexity index is 746. The van der Waals surface area contributed by atoms with Crippen molar-refractivity contribution in [3.63, 3.8) is 0 Å². The van der Waals surface area contributed by atoms with Gasteiger partial charge in [0.25, 0.3) is 0 Å². The minimum absolute atomic E-state index is 0.0234. The zero-order valence-electron chi connectivity index (χ0n) is 11.7. The first-order valence-electron chi connectivity index (χ1n) is 6.45. The van der Waals surface area contributed by atoms with E-state index in [1.54, 1.807) is 19.1 Å². The highest BCUT2D eigenvalue weighted by atomic mass is 79.9.